The molecule has 2 aliphatic heterocycles. The Morgan fingerprint density at radius 2 is 1.93 bits per heavy atom. The minimum atomic E-state index is -0.960. The van der Waals surface area contributed by atoms with E-state index in [1.807, 2.05) is 12.1 Å². The average Bonchev–Trinajstić information content (AvgIpc) is 2.71. The first-order chi connectivity index (χ1) is 13.9. The molecule has 7 heteroatoms. The van der Waals surface area contributed by atoms with Gasteiger partial charge in [0.05, 0.1) is 19.3 Å². The van der Waals surface area contributed by atoms with Crippen LogP contribution < -0.4 is 9.47 Å². The number of fused-ring (bicyclic) bond motifs is 1. The number of halogens is 2. The Kier molecular flexibility index (Phi) is 5.46. The normalized spacial score (nSPS) is 22.0. The third kappa shape index (κ3) is 4.08. The first-order valence-electron chi connectivity index (χ1n) is 9.79. The molecule has 0 saturated carbocycles. The van der Waals surface area contributed by atoms with Crippen LogP contribution in [0.3, 0.4) is 0 Å². The van der Waals surface area contributed by atoms with E-state index in [0.717, 1.165) is 17.7 Å². The summed E-state index contributed by atoms with van der Waals surface area (Å²) in [4.78, 5) is 2.08. The van der Waals surface area contributed by atoms with Crippen molar-refractivity contribution in [2.24, 2.45) is 0 Å². The molecule has 1 saturated heterocycles. The molecule has 0 unspecified atom stereocenters. The van der Waals surface area contributed by atoms with Crippen LogP contribution in [0, 0.1) is 11.6 Å². The molecule has 0 amide bonds. The fourth-order valence-electron chi connectivity index (χ4n) is 4.26. The van der Waals surface area contributed by atoms with Gasteiger partial charge in [0.1, 0.15) is 17.1 Å². The van der Waals surface area contributed by atoms with Gasteiger partial charge in [0.2, 0.25) is 0 Å². The number of aliphatic hydroxyl groups excluding tert-OH is 2. The molecule has 4 rings (SSSR count). The average molecular weight is 405 g/mol. The molecule has 2 aliphatic rings. The molecule has 0 bridgehead atoms. The van der Waals surface area contributed by atoms with Gasteiger partial charge in [-0.1, -0.05) is 6.07 Å². The van der Waals surface area contributed by atoms with Crippen LogP contribution in [0.2, 0.25) is 0 Å². The van der Waals surface area contributed by atoms with E-state index >= 15 is 0 Å². The second kappa shape index (κ2) is 7.89. The molecular weight excluding hydrogens is 380 g/mol. The lowest BCUT2D eigenvalue weighted by Gasteiger charge is -2.46. The maximum Gasteiger partial charge on any atom is 0.159 e. The molecule has 156 valence electrons. The van der Waals surface area contributed by atoms with Crippen LogP contribution in [0.4, 0.5) is 8.78 Å². The van der Waals surface area contributed by atoms with Crippen LogP contribution in [0.1, 0.15) is 42.6 Å². The zero-order chi connectivity index (χ0) is 20.6. The first kappa shape index (κ1) is 20.1. The molecular formula is C22H25F2NO4. The van der Waals surface area contributed by atoms with Crippen LogP contribution in [0.25, 0.3) is 0 Å². The number of aliphatic hydroxyl groups is 2. The van der Waals surface area contributed by atoms with Crippen molar-refractivity contribution < 1.29 is 28.5 Å². The second-order valence-electron chi connectivity index (χ2n) is 7.90. The van der Waals surface area contributed by atoms with E-state index < -0.39 is 29.4 Å². The fraction of sp³-hybridized carbons (Fsp3) is 0.455. The largest absolute Gasteiger partial charge is 0.497 e. The monoisotopic (exact) mass is 405 g/mol. The summed E-state index contributed by atoms with van der Waals surface area (Å²) in [5.41, 5.74) is 0.671. The number of piperidine rings is 1. The summed E-state index contributed by atoms with van der Waals surface area (Å²) >= 11 is 0. The Morgan fingerprint density at radius 3 is 2.62 bits per heavy atom. The molecule has 0 radical (unpaired) electrons. The topological polar surface area (TPSA) is 62.2 Å². The van der Waals surface area contributed by atoms with Gasteiger partial charge in [-0.05, 0) is 42.7 Å². The third-order valence-corrected chi connectivity index (χ3v) is 6.00. The van der Waals surface area contributed by atoms with Gasteiger partial charge in [0, 0.05) is 37.7 Å². The number of rotatable bonds is 4. The van der Waals surface area contributed by atoms with E-state index in [4.69, 9.17) is 9.47 Å². The summed E-state index contributed by atoms with van der Waals surface area (Å²) in [5, 5.41) is 21.0. The lowest BCUT2D eigenvalue weighted by Crippen LogP contribution is -2.51. The highest BCUT2D eigenvalue weighted by Crippen LogP contribution is 2.45. The van der Waals surface area contributed by atoms with Crippen molar-refractivity contribution >= 4 is 0 Å². The van der Waals surface area contributed by atoms with Crippen LogP contribution in [-0.2, 0) is 0 Å². The molecule has 2 heterocycles. The number of hydrogen-bond donors (Lipinski definition) is 2. The predicted octanol–water partition coefficient (Wildman–Crippen LogP) is 3.36. The number of nitrogens with zero attached hydrogens (tertiary/aromatic N) is 1. The van der Waals surface area contributed by atoms with Crippen LogP contribution >= 0.6 is 0 Å². The van der Waals surface area contributed by atoms with Crippen LogP contribution in [0.5, 0.6) is 11.5 Å². The molecule has 0 aliphatic carbocycles. The standard InChI is InChI=1S/C22H25F2NO4/c1-28-15-3-4-16-19(26)12-22(29-21(16)11-15)6-8-25(9-7-22)13-20(27)14-2-5-17(23)18(24)10-14/h2-5,10-11,19-20,26-27H,6-9,12-13H2,1H3/t19-,20+/m0/s1. The van der Waals surface area contributed by atoms with Crippen molar-refractivity contribution in [2.75, 3.05) is 26.7 Å². The zero-order valence-electron chi connectivity index (χ0n) is 16.3. The number of likely N-dealkylation sites (tertiary alicyclic amines) is 1. The van der Waals surface area contributed by atoms with E-state index in [1.54, 1.807) is 13.2 Å². The van der Waals surface area contributed by atoms with Crippen molar-refractivity contribution in [2.45, 2.75) is 37.1 Å². The Bertz CT molecular complexity index is 883. The zero-order valence-corrected chi connectivity index (χ0v) is 16.3. The summed E-state index contributed by atoms with van der Waals surface area (Å²) < 4.78 is 38.1. The van der Waals surface area contributed by atoms with Crippen molar-refractivity contribution in [3.05, 3.63) is 59.2 Å². The molecule has 5 nitrogen and oxygen atoms in total. The third-order valence-electron chi connectivity index (χ3n) is 6.00. The van der Waals surface area contributed by atoms with E-state index in [0.29, 0.717) is 56.0 Å². The maximum absolute atomic E-state index is 13.4. The number of methoxy groups -OCH3 is 1. The molecule has 0 aromatic heterocycles. The van der Waals surface area contributed by atoms with E-state index in [2.05, 4.69) is 4.90 Å². The fourth-order valence-corrected chi connectivity index (χ4v) is 4.26. The summed E-state index contributed by atoms with van der Waals surface area (Å²) in [6.45, 7) is 1.67. The molecule has 1 fully saturated rings. The van der Waals surface area contributed by atoms with Gasteiger partial charge in [0.15, 0.2) is 11.6 Å². The predicted molar refractivity (Wildman–Crippen MR) is 103 cm³/mol. The van der Waals surface area contributed by atoms with Gasteiger partial charge in [-0.2, -0.15) is 0 Å². The quantitative estimate of drug-likeness (QED) is 0.817. The van der Waals surface area contributed by atoms with E-state index in [1.165, 1.54) is 6.07 Å². The second-order valence-corrected chi connectivity index (χ2v) is 7.90. The van der Waals surface area contributed by atoms with Crippen molar-refractivity contribution in [1.82, 2.24) is 4.90 Å². The van der Waals surface area contributed by atoms with E-state index in [9.17, 15) is 19.0 Å². The van der Waals surface area contributed by atoms with Crippen molar-refractivity contribution in [1.29, 1.82) is 0 Å². The first-order valence-corrected chi connectivity index (χ1v) is 9.79. The highest BCUT2D eigenvalue weighted by Gasteiger charge is 2.43. The summed E-state index contributed by atoms with van der Waals surface area (Å²) in [7, 11) is 1.59. The molecule has 2 aromatic rings. The molecule has 1 spiro atoms. The van der Waals surface area contributed by atoms with Crippen LogP contribution in [-0.4, -0.2) is 47.5 Å². The van der Waals surface area contributed by atoms with Crippen molar-refractivity contribution in [3.63, 3.8) is 0 Å². The van der Waals surface area contributed by atoms with Gasteiger partial charge in [-0.15, -0.1) is 0 Å². The van der Waals surface area contributed by atoms with Gasteiger partial charge >= 0.3 is 0 Å². The van der Waals surface area contributed by atoms with Gasteiger partial charge in [0.25, 0.3) is 0 Å². The number of β-amino-alcohol motifs (C(OH)–C–C–N with tert-alkyl or cyclic N) is 1. The molecule has 2 N–H and O–H groups in total. The maximum atomic E-state index is 13.4. The lowest BCUT2D eigenvalue weighted by atomic mass is 9.81. The number of benzene rings is 2. The molecule has 2 aromatic carbocycles. The Morgan fingerprint density at radius 1 is 1.17 bits per heavy atom. The molecule has 29 heavy (non-hydrogen) atoms. The van der Waals surface area contributed by atoms with Gasteiger partial charge in [-0.3, -0.25) is 0 Å². The minimum Gasteiger partial charge on any atom is -0.497 e. The highest BCUT2D eigenvalue weighted by molar-refractivity contribution is 5.44. The van der Waals surface area contributed by atoms with E-state index in [-0.39, 0.29) is 0 Å². The SMILES string of the molecule is COc1ccc2c(c1)OC1(CCN(C[C@@H](O)c3ccc(F)c(F)c3)CC1)C[C@@H]2O. The molecule has 2 atom stereocenters. The number of ether oxygens (including phenoxy) is 2. The Labute approximate surface area is 168 Å². The minimum absolute atomic E-state index is 0.327. The smallest absolute Gasteiger partial charge is 0.159 e. The summed E-state index contributed by atoms with van der Waals surface area (Å²) in [6, 6.07) is 8.92. The van der Waals surface area contributed by atoms with Gasteiger partial charge < -0.3 is 24.6 Å². The van der Waals surface area contributed by atoms with Gasteiger partial charge in [-0.25, -0.2) is 8.78 Å². The lowest BCUT2D eigenvalue weighted by molar-refractivity contribution is -0.0588. The van der Waals surface area contributed by atoms with Crippen molar-refractivity contribution in [3.8, 4) is 11.5 Å². The highest BCUT2D eigenvalue weighted by atomic mass is 19.2. The Hall–Kier alpha value is -2.22. The summed E-state index contributed by atoms with van der Waals surface area (Å²) in [6.07, 6.45) is 0.425. The number of hydrogen-bond acceptors (Lipinski definition) is 5. The summed E-state index contributed by atoms with van der Waals surface area (Å²) in [5.74, 6) is -0.554. The van der Waals surface area contributed by atoms with Crippen LogP contribution in [0.15, 0.2) is 36.4 Å². The Balaban J connectivity index is 1.40.